The summed E-state index contributed by atoms with van der Waals surface area (Å²) in [6, 6.07) is 0. The van der Waals surface area contributed by atoms with Crippen molar-refractivity contribution >= 4 is 17.9 Å². The van der Waals surface area contributed by atoms with Crippen LogP contribution in [-0.4, -0.2) is 37.2 Å². The van der Waals surface area contributed by atoms with Crippen molar-refractivity contribution in [3.63, 3.8) is 0 Å². The van der Waals surface area contributed by atoms with Gasteiger partial charge >= 0.3 is 17.9 Å². The third-order valence-corrected chi connectivity index (χ3v) is 14.9. The summed E-state index contributed by atoms with van der Waals surface area (Å²) in [5.41, 5.74) is 0. The fraction of sp³-hybridized carbons (Fsp3) is 0.868. The van der Waals surface area contributed by atoms with Gasteiger partial charge in [-0.1, -0.05) is 301 Å². The van der Waals surface area contributed by atoms with Crippen LogP contribution >= 0.6 is 0 Å². The van der Waals surface area contributed by atoms with E-state index in [1.54, 1.807) is 0 Å². The zero-order valence-corrected chi connectivity index (χ0v) is 49.9. The van der Waals surface area contributed by atoms with Crippen molar-refractivity contribution in [1.29, 1.82) is 0 Å². The van der Waals surface area contributed by atoms with Crippen molar-refractivity contribution in [2.75, 3.05) is 13.2 Å². The minimum Gasteiger partial charge on any atom is -0.462 e. The topological polar surface area (TPSA) is 78.9 Å². The highest BCUT2D eigenvalue weighted by atomic mass is 16.6. The summed E-state index contributed by atoms with van der Waals surface area (Å²) in [5, 5.41) is 0. The highest BCUT2D eigenvalue weighted by Crippen LogP contribution is 2.18. The van der Waals surface area contributed by atoms with E-state index < -0.39 is 6.10 Å². The Balaban J connectivity index is 3.91. The van der Waals surface area contributed by atoms with Crippen LogP contribution in [0.4, 0.5) is 0 Å². The van der Waals surface area contributed by atoms with Gasteiger partial charge in [-0.25, -0.2) is 0 Å². The number of esters is 3. The first kappa shape index (κ1) is 71.6. The average molecular weight is 1040 g/mol. The minimum atomic E-state index is -0.770. The van der Waals surface area contributed by atoms with E-state index in [0.29, 0.717) is 19.3 Å². The molecule has 74 heavy (non-hydrogen) atoms. The first-order valence-electron chi connectivity index (χ1n) is 33.0. The largest absolute Gasteiger partial charge is 0.462 e. The van der Waals surface area contributed by atoms with Crippen LogP contribution in [0.5, 0.6) is 0 Å². The molecule has 0 rings (SSSR count). The SMILES string of the molecule is CCCCCC/C=C\CCCCCCCC(=O)OC(COC(=O)CCCCCCCCCC)COC(=O)CCCCCCCCCCCCCCCCCCCCCCCCC/C=C\C/C=C\CCCCCCC. The summed E-state index contributed by atoms with van der Waals surface area (Å²) in [6.45, 7) is 6.62. The zero-order valence-electron chi connectivity index (χ0n) is 49.9. The summed E-state index contributed by atoms with van der Waals surface area (Å²) in [6.07, 6.45) is 77.7. The van der Waals surface area contributed by atoms with Crippen LogP contribution in [0.1, 0.15) is 361 Å². The van der Waals surface area contributed by atoms with Crippen LogP contribution in [0.25, 0.3) is 0 Å². The van der Waals surface area contributed by atoms with E-state index in [1.807, 2.05) is 0 Å². The molecule has 0 saturated heterocycles. The second kappa shape index (κ2) is 63.2. The smallest absolute Gasteiger partial charge is 0.306 e. The van der Waals surface area contributed by atoms with E-state index >= 15 is 0 Å². The van der Waals surface area contributed by atoms with Gasteiger partial charge in [0.1, 0.15) is 13.2 Å². The van der Waals surface area contributed by atoms with Crippen LogP contribution < -0.4 is 0 Å². The quantitative estimate of drug-likeness (QED) is 0.0261. The summed E-state index contributed by atoms with van der Waals surface area (Å²) in [7, 11) is 0. The molecule has 6 heteroatoms. The molecular formula is C68H126O6. The molecule has 0 radical (unpaired) electrons. The van der Waals surface area contributed by atoms with E-state index in [2.05, 4.69) is 57.2 Å². The maximum atomic E-state index is 12.8. The Bertz CT molecular complexity index is 1240. The molecule has 6 nitrogen and oxygen atoms in total. The molecule has 0 amide bonds. The van der Waals surface area contributed by atoms with Crippen LogP contribution in [-0.2, 0) is 28.6 Å². The third-order valence-electron chi connectivity index (χ3n) is 14.9. The molecule has 434 valence electrons. The normalized spacial score (nSPS) is 12.2. The maximum Gasteiger partial charge on any atom is 0.306 e. The van der Waals surface area contributed by atoms with Crippen molar-refractivity contribution in [2.24, 2.45) is 0 Å². The van der Waals surface area contributed by atoms with Gasteiger partial charge in [0.25, 0.3) is 0 Å². The van der Waals surface area contributed by atoms with Crippen molar-refractivity contribution in [3.05, 3.63) is 36.5 Å². The van der Waals surface area contributed by atoms with Gasteiger partial charge in [-0.3, -0.25) is 14.4 Å². The fourth-order valence-corrected chi connectivity index (χ4v) is 9.88. The standard InChI is InChI=1S/C68H126O6/c1-4-7-10-13-16-19-21-23-24-25-26-27-28-29-30-31-32-33-34-35-36-37-38-39-40-41-42-43-44-46-47-49-52-55-58-61-67(70)73-64-65(63-72-66(69)60-57-54-51-18-15-12-9-6-3)74-68(71)62-59-56-53-50-48-45-22-20-17-14-11-8-5-2/h20-23,25-26,65H,4-19,24,27-64H2,1-3H3/b22-20-,23-21-,26-25-. The number of rotatable bonds is 61. The van der Waals surface area contributed by atoms with Gasteiger partial charge < -0.3 is 14.2 Å². The highest BCUT2D eigenvalue weighted by molar-refractivity contribution is 5.71. The number of unbranched alkanes of at least 4 members (excludes halogenated alkanes) is 44. The summed E-state index contributed by atoms with van der Waals surface area (Å²) in [5.74, 6) is -0.864. The molecule has 0 aliphatic heterocycles. The number of allylic oxidation sites excluding steroid dienone is 6. The summed E-state index contributed by atoms with van der Waals surface area (Å²) < 4.78 is 16.8. The monoisotopic (exact) mass is 1040 g/mol. The molecule has 0 aromatic carbocycles. The first-order chi connectivity index (χ1) is 36.5. The fourth-order valence-electron chi connectivity index (χ4n) is 9.88. The van der Waals surface area contributed by atoms with E-state index in [9.17, 15) is 14.4 Å². The lowest BCUT2D eigenvalue weighted by molar-refractivity contribution is -0.167. The van der Waals surface area contributed by atoms with E-state index in [0.717, 1.165) is 70.6 Å². The molecule has 0 aliphatic carbocycles. The molecule has 1 atom stereocenters. The number of carbonyl (C=O) groups is 3. The Hall–Kier alpha value is -2.37. The van der Waals surface area contributed by atoms with Crippen molar-refractivity contribution in [1.82, 2.24) is 0 Å². The Morgan fingerprint density at radius 3 is 0.770 bits per heavy atom. The lowest BCUT2D eigenvalue weighted by Gasteiger charge is -2.18. The Kier molecular flexibility index (Phi) is 61.1. The third kappa shape index (κ3) is 60.5. The molecule has 0 bridgehead atoms. The van der Waals surface area contributed by atoms with Crippen molar-refractivity contribution < 1.29 is 28.6 Å². The Labute approximate surface area is 461 Å². The lowest BCUT2D eigenvalue weighted by Crippen LogP contribution is -2.30. The lowest BCUT2D eigenvalue weighted by atomic mass is 10.0. The second-order valence-corrected chi connectivity index (χ2v) is 22.4. The van der Waals surface area contributed by atoms with Crippen LogP contribution in [0.3, 0.4) is 0 Å². The maximum absolute atomic E-state index is 12.8. The van der Waals surface area contributed by atoms with Gasteiger partial charge in [0.2, 0.25) is 0 Å². The van der Waals surface area contributed by atoms with Gasteiger partial charge in [-0.05, 0) is 77.0 Å². The van der Waals surface area contributed by atoms with Crippen molar-refractivity contribution in [2.45, 2.75) is 367 Å². The van der Waals surface area contributed by atoms with Crippen LogP contribution in [0, 0.1) is 0 Å². The number of hydrogen-bond acceptors (Lipinski definition) is 6. The molecular weight excluding hydrogens is 913 g/mol. The van der Waals surface area contributed by atoms with Gasteiger partial charge in [-0.2, -0.15) is 0 Å². The van der Waals surface area contributed by atoms with Crippen LogP contribution in [0.2, 0.25) is 0 Å². The molecule has 0 saturated carbocycles. The summed E-state index contributed by atoms with van der Waals surface area (Å²) >= 11 is 0. The highest BCUT2D eigenvalue weighted by Gasteiger charge is 2.19. The average Bonchev–Trinajstić information content (AvgIpc) is 3.40. The van der Waals surface area contributed by atoms with E-state index in [4.69, 9.17) is 14.2 Å². The van der Waals surface area contributed by atoms with Crippen molar-refractivity contribution in [3.8, 4) is 0 Å². The minimum absolute atomic E-state index is 0.0701. The van der Waals surface area contributed by atoms with Gasteiger partial charge in [0.15, 0.2) is 6.10 Å². The number of ether oxygens (including phenoxy) is 3. The van der Waals surface area contributed by atoms with E-state index in [1.165, 1.54) is 250 Å². The van der Waals surface area contributed by atoms with Gasteiger partial charge in [-0.15, -0.1) is 0 Å². The molecule has 0 aromatic rings. The molecule has 0 N–H and O–H groups in total. The predicted molar refractivity (Wildman–Crippen MR) is 321 cm³/mol. The molecule has 1 unspecified atom stereocenters. The second-order valence-electron chi connectivity index (χ2n) is 22.4. The molecule has 0 fully saturated rings. The molecule has 0 spiro atoms. The van der Waals surface area contributed by atoms with Gasteiger partial charge in [0, 0.05) is 19.3 Å². The van der Waals surface area contributed by atoms with Crippen LogP contribution in [0.15, 0.2) is 36.5 Å². The first-order valence-corrected chi connectivity index (χ1v) is 33.0. The number of carbonyl (C=O) groups excluding carboxylic acids is 3. The number of hydrogen-bond donors (Lipinski definition) is 0. The molecule has 0 aromatic heterocycles. The summed E-state index contributed by atoms with van der Waals surface area (Å²) in [4.78, 5) is 38.0. The molecule has 0 aliphatic rings. The van der Waals surface area contributed by atoms with Gasteiger partial charge in [0.05, 0.1) is 0 Å². The Morgan fingerprint density at radius 2 is 0.486 bits per heavy atom. The Morgan fingerprint density at radius 1 is 0.270 bits per heavy atom. The zero-order chi connectivity index (χ0) is 53.6. The predicted octanol–water partition coefficient (Wildman–Crippen LogP) is 22.4. The van der Waals surface area contributed by atoms with E-state index in [-0.39, 0.29) is 31.1 Å². The molecule has 0 heterocycles.